The van der Waals surface area contributed by atoms with Crippen LogP contribution in [0.3, 0.4) is 0 Å². The second kappa shape index (κ2) is 6.05. The second-order valence-corrected chi connectivity index (χ2v) is 7.18. The van der Waals surface area contributed by atoms with Gasteiger partial charge in [-0.05, 0) is 49.9 Å². The fourth-order valence-corrected chi connectivity index (χ4v) is 5.08. The normalized spacial score (nSPS) is 44.3. The Bertz CT molecular complexity index is 349. The number of ether oxygens (including phenoxy) is 1. The second-order valence-electron chi connectivity index (χ2n) is 7.18. The number of nitrogens with one attached hydrogen (secondary N) is 1. The summed E-state index contributed by atoms with van der Waals surface area (Å²) in [5.74, 6) is 2.40. The molecule has 0 spiro atoms. The summed E-state index contributed by atoms with van der Waals surface area (Å²) in [4.78, 5) is 12.3. The van der Waals surface area contributed by atoms with E-state index in [9.17, 15) is 4.79 Å². The minimum Gasteiger partial charge on any atom is -0.469 e. The first kappa shape index (κ1) is 14.4. The van der Waals surface area contributed by atoms with E-state index in [1.54, 1.807) is 7.11 Å². The summed E-state index contributed by atoms with van der Waals surface area (Å²) >= 11 is 0. The SMILES string of the molecule is CCC1CCC([C@H]2C[C@H]3CCC(N3)C2C(=O)OC)CC1. The lowest BCUT2D eigenvalue weighted by Gasteiger charge is -2.42. The zero-order valence-corrected chi connectivity index (χ0v) is 12.9. The molecule has 0 radical (unpaired) electrons. The Morgan fingerprint density at radius 3 is 2.55 bits per heavy atom. The van der Waals surface area contributed by atoms with Crippen LogP contribution in [-0.4, -0.2) is 25.2 Å². The molecule has 2 heterocycles. The lowest BCUT2D eigenvalue weighted by atomic mass is 9.67. The number of rotatable bonds is 3. The molecule has 2 aliphatic heterocycles. The van der Waals surface area contributed by atoms with Crippen molar-refractivity contribution in [3.8, 4) is 0 Å². The van der Waals surface area contributed by atoms with Gasteiger partial charge in [-0.25, -0.2) is 0 Å². The molecule has 0 amide bonds. The van der Waals surface area contributed by atoms with Crippen LogP contribution < -0.4 is 5.32 Å². The van der Waals surface area contributed by atoms with Gasteiger partial charge in [-0.1, -0.05) is 26.2 Å². The van der Waals surface area contributed by atoms with Crippen molar-refractivity contribution in [1.82, 2.24) is 5.32 Å². The quantitative estimate of drug-likeness (QED) is 0.807. The molecule has 4 atom stereocenters. The van der Waals surface area contributed by atoms with Gasteiger partial charge in [0.25, 0.3) is 0 Å². The van der Waals surface area contributed by atoms with E-state index in [-0.39, 0.29) is 11.9 Å². The molecule has 3 rings (SSSR count). The van der Waals surface area contributed by atoms with E-state index in [2.05, 4.69) is 12.2 Å². The molecule has 1 aliphatic carbocycles. The van der Waals surface area contributed by atoms with E-state index in [1.165, 1.54) is 44.9 Å². The Kier molecular flexibility index (Phi) is 4.34. The standard InChI is InChI=1S/C17H29NO2/c1-3-11-4-6-12(7-5-11)14-10-13-8-9-15(18-13)16(14)17(19)20-2/h11-16,18H,3-10H2,1-2H3/t11?,12?,13-,14-,15?,16?/m1/s1. The van der Waals surface area contributed by atoms with Crippen LogP contribution in [0.5, 0.6) is 0 Å². The molecule has 0 aromatic carbocycles. The van der Waals surface area contributed by atoms with Crippen molar-refractivity contribution in [2.45, 2.75) is 70.4 Å². The van der Waals surface area contributed by atoms with Gasteiger partial charge >= 0.3 is 5.97 Å². The van der Waals surface area contributed by atoms with Crippen molar-refractivity contribution in [1.29, 1.82) is 0 Å². The Balaban J connectivity index is 1.71. The van der Waals surface area contributed by atoms with E-state index < -0.39 is 0 Å². The fraction of sp³-hybridized carbons (Fsp3) is 0.941. The van der Waals surface area contributed by atoms with Crippen molar-refractivity contribution in [3.63, 3.8) is 0 Å². The van der Waals surface area contributed by atoms with Crippen molar-refractivity contribution in [3.05, 3.63) is 0 Å². The first-order valence-corrected chi connectivity index (χ1v) is 8.56. The van der Waals surface area contributed by atoms with Crippen molar-refractivity contribution >= 4 is 5.97 Å². The molecule has 3 heteroatoms. The smallest absolute Gasteiger partial charge is 0.310 e. The van der Waals surface area contributed by atoms with Gasteiger partial charge in [0.2, 0.25) is 0 Å². The molecule has 3 aliphatic rings. The Morgan fingerprint density at radius 1 is 1.15 bits per heavy atom. The highest BCUT2D eigenvalue weighted by molar-refractivity contribution is 5.74. The first-order valence-electron chi connectivity index (χ1n) is 8.56. The molecule has 1 saturated carbocycles. The summed E-state index contributed by atoms with van der Waals surface area (Å²) in [6, 6.07) is 1.05. The van der Waals surface area contributed by atoms with Crippen LogP contribution in [0.1, 0.15) is 58.3 Å². The third-order valence-electron chi connectivity index (χ3n) is 6.27. The van der Waals surface area contributed by atoms with Gasteiger partial charge in [-0.3, -0.25) is 4.79 Å². The molecule has 114 valence electrons. The minimum atomic E-state index is 0.0328. The molecule has 3 fully saturated rings. The Hall–Kier alpha value is -0.570. The monoisotopic (exact) mass is 279 g/mol. The summed E-state index contributed by atoms with van der Waals surface area (Å²) in [5.41, 5.74) is 0. The number of hydrogen-bond donors (Lipinski definition) is 1. The average molecular weight is 279 g/mol. The maximum absolute atomic E-state index is 12.3. The lowest BCUT2D eigenvalue weighted by molar-refractivity contribution is -0.151. The summed E-state index contributed by atoms with van der Waals surface area (Å²) in [7, 11) is 1.55. The number of hydrogen-bond acceptors (Lipinski definition) is 3. The third kappa shape index (κ3) is 2.61. The van der Waals surface area contributed by atoms with Crippen LogP contribution in [-0.2, 0) is 9.53 Å². The predicted molar refractivity (Wildman–Crippen MR) is 79.3 cm³/mol. The van der Waals surface area contributed by atoms with Gasteiger partial charge in [0, 0.05) is 12.1 Å². The van der Waals surface area contributed by atoms with E-state index >= 15 is 0 Å². The summed E-state index contributed by atoms with van der Waals surface area (Å²) in [6.45, 7) is 2.31. The van der Waals surface area contributed by atoms with Crippen molar-refractivity contribution in [2.75, 3.05) is 7.11 Å². The molecule has 1 N–H and O–H groups in total. The molecular weight excluding hydrogens is 250 g/mol. The number of methoxy groups -OCH3 is 1. The molecule has 0 aromatic rings. The molecule has 2 bridgehead atoms. The summed E-state index contributed by atoms with van der Waals surface area (Å²) in [5, 5.41) is 3.64. The molecule has 2 saturated heterocycles. The van der Waals surface area contributed by atoms with E-state index in [0.29, 0.717) is 18.0 Å². The van der Waals surface area contributed by atoms with Gasteiger partial charge in [0.15, 0.2) is 0 Å². The minimum absolute atomic E-state index is 0.0328. The fourth-order valence-electron chi connectivity index (χ4n) is 5.08. The maximum Gasteiger partial charge on any atom is 0.310 e. The molecule has 2 unspecified atom stereocenters. The van der Waals surface area contributed by atoms with E-state index in [0.717, 1.165) is 18.3 Å². The third-order valence-corrected chi connectivity index (χ3v) is 6.27. The van der Waals surface area contributed by atoms with Crippen LogP contribution in [0.15, 0.2) is 0 Å². The van der Waals surface area contributed by atoms with Crippen LogP contribution in [0.2, 0.25) is 0 Å². The molecular formula is C17H29NO2. The van der Waals surface area contributed by atoms with E-state index in [4.69, 9.17) is 4.74 Å². The Labute approximate surface area is 122 Å². The molecule has 3 nitrogen and oxygen atoms in total. The largest absolute Gasteiger partial charge is 0.469 e. The number of piperidine rings is 1. The highest BCUT2D eigenvalue weighted by Gasteiger charge is 2.48. The van der Waals surface area contributed by atoms with Crippen molar-refractivity contribution < 1.29 is 9.53 Å². The topological polar surface area (TPSA) is 38.3 Å². The van der Waals surface area contributed by atoms with Crippen molar-refractivity contribution in [2.24, 2.45) is 23.7 Å². The van der Waals surface area contributed by atoms with Crippen LogP contribution in [0.25, 0.3) is 0 Å². The highest BCUT2D eigenvalue weighted by atomic mass is 16.5. The maximum atomic E-state index is 12.3. The average Bonchev–Trinajstić information content (AvgIpc) is 2.88. The van der Waals surface area contributed by atoms with Crippen LogP contribution in [0, 0.1) is 23.7 Å². The van der Waals surface area contributed by atoms with Gasteiger partial charge in [0.1, 0.15) is 0 Å². The van der Waals surface area contributed by atoms with Gasteiger partial charge in [0.05, 0.1) is 13.0 Å². The lowest BCUT2D eigenvalue weighted by Crippen LogP contribution is -2.51. The predicted octanol–water partition coefficient (Wildman–Crippen LogP) is 3.13. The molecule has 0 aromatic heterocycles. The Morgan fingerprint density at radius 2 is 1.90 bits per heavy atom. The molecule has 20 heavy (non-hydrogen) atoms. The number of esters is 1. The van der Waals surface area contributed by atoms with Gasteiger partial charge in [-0.15, -0.1) is 0 Å². The first-order chi connectivity index (χ1) is 9.72. The zero-order chi connectivity index (χ0) is 14.1. The zero-order valence-electron chi connectivity index (χ0n) is 12.9. The summed E-state index contributed by atoms with van der Waals surface area (Å²) in [6.07, 6.45) is 10.3. The van der Waals surface area contributed by atoms with Crippen LogP contribution in [0.4, 0.5) is 0 Å². The summed E-state index contributed by atoms with van der Waals surface area (Å²) < 4.78 is 5.12. The van der Waals surface area contributed by atoms with Gasteiger partial charge < -0.3 is 10.1 Å². The number of fused-ring (bicyclic) bond motifs is 2. The number of carbonyl (C=O) groups is 1. The number of carbonyl (C=O) groups excluding carboxylic acids is 1. The van der Waals surface area contributed by atoms with Gasteiger partial charge in [-0.2, -0.15) is 0 Å². The van der Waals surface area contributed by atoms with Crippen LogP contribution >= 0.6 is 0 Å². The highest BCUT2D eigenvalue weighted by Crippen LogP contribution is 2.45. The van der Waals surface area contributed by atoms with E-state index in [1.807, 2.05) is 0 Å².